The van der Waals surface area contributed by atoms with Crippen LogP contribution in [0.25, 0.3) is 0 Å². The smallest absolute Gasteiger partial charge is 0.0701 e. The molecule has 0 saturated carbocycles. The van der Waals surface area contributed by atoms with Crippen molar-refractivity contribution in [3.63, 3.8) is 0 Å². The van der Waals surface area contributed by atoms with Crippen LogP contribution >= 0.6 is 27.7 Å². The molecule has 1 rings (SSSR count). The fourth-order valence-corrected chi connectivity index (χ4v) is 2.85. The van der Waals surface area contributed by atoms with Crippen LogP contribution in [0.5, 0.6) is 0 Å². The third kappa shape index (κ3) is 3.79. The van der Waals surface area contributed by atoms with Gasteiger partial charge in [-0.2, -0.15) is 16.9 Å². The summed E-state index contributed by atoms with van der Waals surface area (Å²) in [6.45, 7) is 7.46. The second-order valence-electron chi connectivity index (χ2n) is 4.09. The maximum absolute atomic E-state index is 6.21. The van der Waals surface area contributed by atoms with Gasteiger partial charge in [0.1, 0.15) is 0 Å². The van der Waals surface area contributed by atoms with E-state index < -0.39 is 0 Å². The molecule has 0 aliphatic heterocycles. The molecule has 16 heavy (non-hydrogen) atoms. The van der Waals surface area contributed by atoms with Crippen LogP contribution in [0.1, 0.15) is 38.9 Å². The number of hydrogen-bond acceptors (Lipinski definition) is 3. The predicted octanol–water partition coefficient (Wildman–Crippen LogP) is 3.20. The summed E-state index contributed by atoms with van der Waals surface area (Å²) >= 11 is 5.41. The summed E-state index contributed by atoms with van der Waals surface area (Å²) in [5.41, 5.74) is 7.33. The van der Waals surface area contributed by atoms with Crippen LogP contribution in [0, 0.1) is 0 Å². The third-order valence-corrected chi connectivity index (χ3v) is 4.06. The van der Waals surface area contributed by atoms with Crippen molar-refractivity contribution in [2.24, 2.45) is 5.73 Å². The van der Waals surface area contributed by atoms with E-state index >= 15 is 0 Å². The minimum Gasteiger partial charge on any atom is -0.322 e. The molecule has 1 atom stereocenters. The maximum atomic E-state index is 6.21. The summed E-state index contributed by atoms with van der Waals surface area (Å²) in [7, 11) is 0. The minimum absolute atomic E-state index is 0.0517. The Morgan fingerprint density at radius 3 is 2.81 bits per heavy atom. The van der Waals surface area contributed by atoms with Crippen molar-refractivity contribution in [1.82, 2.24) is 9.78 Å². The van der Waals surface area contributed by atoms with Gasteiger partial charge < -0.3 is 5.73 Å². The maximum Gasteiger partial charge on any atom is 0.0701 e. The molecule has 0 bridgehead atoms. The summed E-state index contributed by atoms with van der Waals surface area (Å²) in [4.78, 5) is 0. The average molecular weight is 306 g/mol. The van der Waals surface area contributed by atoms with E-state index in [1.807, 2.05) is 22.6 Å². The van der Waals surface area contributed by atoms with Gasteiger partial charge in [0.05, 0.1) is 22.4 Å². The van der Waals surface area contributed by atoms with E-state index in [0.29, 0.717) is 5.25 Å². The largest absolute Gasteiger partial charge is 0.322 e. The van der Waals surface area contributed by atoms with E-state index in [0.717, 1.165) is 28.9 Å². The number of aryl methyl sites for hydroxylation is 1. The molecule has 1 heterocycles. The first-order valence-corrected chi connectivity index (χ1v) is 7.48. The van der Waals surface area contributed by atoms with Gasteiger partial charge in [-0.05, 0) is 27.6 Å². The Bertz CT molecular complexity index is 325. The Balaban J connectivity index is 2.72. The lowest BCUT2D eigenvalue weighted by Gasteiger charge is -2.15. The zero-order valence-corrected chi connectivity index (χ0v) is 12.5. The van der Waals surface area contributed by atoms with E-state index in [1.54, 1.807) is 0 Å². The van der Waals surface area contributed by atoms with Crippen molar-refractivity contribution < 1.29 is 0 Å². The second kappa shape index (κ2) is 6.67. The Hall–Kier alpha value is -0.0000000000000000555. The highest BCUT2D eigenvalue weighted by molar-refractivity contribution is 9.10. The van der Waals surface area contributed by atoms with E-state index in [2.05, 4.69) is 41.8 Å². The number of hydrogen-bond donors (Lipinski definition) is 1. The molecule has 0 spiro atoms. The molecule has 1 unspecified atom stereocenters. The standard InChI is InChI=1S/C11H20BrN3S/c1-4-5-15-11(9(12)6-14-15)10(13)7-16-8(2)3/h6,8,10H,4-5,7,13H2,1-3H3. The van der Waals surface area contributed by atoms with Crippen molar-refractivity contribution in [2.45, 2.75) is 45.0 Å². The number of nitrogens with two attached hydrogens (primary N) is 1. The van der Waals surface area contributed by atoms with Crippen molar-refractivity contribution in [1.29, 1.82) is 0 Å². The van der Waals surface area contributed by atoms with Gasteiger partial charge in [0.2, 0.25) is 0 Å². The Labute approximate surface area is 110 Å². The first-order valence-electron chi connectivity index (χ1n) is 5.64. The summed E-state index contributed by atoms with van der Waals surface area (Å²) < 4.78 is 3.04. The van der Waals surface area contributed by atoms with Crippen molar-refractivity contribution >= 4 is 27.7 Å². The Morgan fingerprint density at radius 2 is 2.25 bits per heavy atom. The monoisotopic (exact) mass is 305 g/mol. The lowest BCUT2D eigenvalue weighted by molar-refractivity contribution is 0.553. The van der Waals surface area contributed by atoms with Crippen molar-refractivity contribution in [3.05, 3.63) is 16.4 Å². The van der Waals surface area contributed by atoms with E-state index in [9.17, 15) is 0 Å². The normalized spacial score (nSPS) is 13.4. The first kappa shape index (κ1) is 14.1. The number of thioether (sulfide) groups is 1. The lowest BCUT2D eigenvalue weighted by Crippen LogP contribution is -2.19. The van der Waals surface area contributed by atoms with Crippen LogP contribution in [0.2, 0.25) is 0 Å². The molecule has 0 aromatic carbocycles. The molecule has 92 valence electrons. The number of nitrogens with zero attached hydrogens (tertiary/aromatic N) is 2. The Morgan fingerprint density at radius 1 is 1.56 bits per heavy atom. The summed E-state index contributed by atoms with van der Waals surface area (Å²) in [6.07, 6.45) is 2.91. The number of rotatable bonds is 6. The molecule has 0 radical (unpaired) electrons. The molecule has 2 N–H and O–H groups in total. The van der Waals surface area contributed by atoms with Crippen molar-refractivity contribution in [2.75, 3.05) is 5.75 Å². The van der Waals surface area contributed by atoms with E-state index in [1.165, 1.54) is 0 Å². The molecule has 1 aromatic heterocycles. The molecular formula is C11H20BrN3S. The minimum atomic E-state index is 0.0517. The highest BCUT2D eigenvalue weighted by Gasteiger charge is 2.16. The molecule has 0 amide bonds. The van der Waals surface area contributed by atoms with Gasteiger partial charge in [0.15, 0.2) is 0 Å². The number of aromatic nitrogens is 2. The van der Waals surface area contributed by atoms with Crippen LogP contribution in [-0.2, 0) is 6.54 Å². The summed E-state index contributed by atoms with van der Waals surface area (Å²) in [5, 5.41) is 4.95. The predicted molar refractivity (Wildman–Crippen MR) is 74.7 cm³/mol. The van der Waals surface area contributed by atoms with Crippen LogP contribution in [0.15, 0.2) is 10.7 Å². The van der Waals surface area contributed by atoms with Crippen LogP contribution in [0.3, 0.4) is 0 Å². The molecule has 0 fully saturated rings. The van der Waals surface area contributed by atoms with Gasteiger partial charge in [0, 0.05) is 12.3 Å². The molecule has 0 aliphatic rings. The third-order valence-electron chi connectivity index (χ3n) is 2.23. The molecule has 3 nitrogen and oxygen atoms in total. The zero-order valence-electron chi connectivity index (χ0n) is 10.1. The summed E-state index contributed by atoms with van der Waals surface area (Å²) in [5.74, 6) is 0.936. The average Bonchev–Trinajstić information content (AvgIpc) is 2.57. The Kier molecular flexibility index (Phi) is 5.86. The van der Waals surface area contributed by atoms with Crippen LogP contribution < -0.4 is 5.73 Å². The molecular weight excluding hydrogens is 286 g/mol. The van der Waals surface area contributed by atoms with Gasteiger partial charge in [-0.3, -0.25) is 4.68 Å². The highest BCUT2D eigenvalue weighted by atomic mass is 79.9. The molecule has 0 saturated heterocycles. The molecule has 1 aromatic rings. The van der Waals surface area contributed by atoms with Gasteiger partial charge in [0.25, 0.3) is 0 Å². The van der Waals surface area contributed by atoms with Crippen LogP contribution in [0.4, 0.5) is 0 Å². The van der Waals surface area contributed by atoms with Gasteiger partial charge >= 0.3 is 0 Å². The first-order chi connectivity index (χ1) is 7.56. The van der Waals surface area contributed by atoms with Gasteiger partial charge in [-0.1, -0.05) is 20.8 Å². The van der Waals surface area contributed by atoms with Crippen molar-refractivity contribution in [3.8, 4) is 0 Å². The summed E-state index contributed by atoms with van der Waals surface area (Å²) in [6, 6.07) is 0.0517. The highest BCUT2D eigenvalue weighted by Crippen LogP contribution is 2.25. The quantitative estimate of drug-likeness (QED) is 0.878. The van der Waals surface area contributed by atoms with Gasteiger partial charge in [-0.15, -0.1) is 0 Å². The van der Waals surface area contributed by atoms with E-state index in [4.69, 9.17) is 5.73 Å². The SMILES string of the molecule is CCCn1ncc(Br)c1C(N)CSC(C)C. The topological polar surface area (TPSA) is 43.8 Å². The second-order valence-corrected chi connectivity index (χ2v) is 6.55. The number of halogens is 1. The fourth-order valence-electron chi connectivity index (χ4n) is 1.51. The molecule has 5 heteroatoms. The van der Waals surface area contributed by atoms with Crippen LogP contribution in [-0.4, -0.2) is 20.8 Å². The zero-order chi connectivity index (χ0) is 12.1. The van der Waals surface area contributed by atoms with E-state index in [-0.39, 0.29) is 6.04 Å². The fraction of sp³-hybridized carbons (Fsp3) is 0.727. The lowest BCUT2D eigenvalue weighted by atomic mass is 10.2. The van der Waals surface area contributed by atoms with Gasteiger partial charge in [-0.25, -0.2) is 0 Å². The molecule has 0 aliphatic carbocycles.